The Morgan fingerprint density at radius 2 is 2.06 bits per heavy atom. The van der Waals surface area contributed by atoms with Gasteiger partial charge in [0.1, 0.15) is 5.75 Å². The predicted molar refractivity (Wildman–Crippen MR) is 60.2 cm³/mol. The van der Waals surface area contributed by atoms with Crippen LogP contribution in [-0.4, -0.2) is 28.9 Å². The molecule has 5 heteroatoms. The lowest BCUT2D eigenvalue weighted by Crippen LogP contribution is -2.17. The molecule has 0 unspecified atom stereocenters. The van der Waals surface area contributed by atoms with Gasteiger partial charge in [0.15, 0.2) is 0 Å². The molecule has 16 heavy (non-hydrogen) atoms. The number of carbonyl (C=O) groups is 1. The van der Waals surface area contributed by atoms with E-state index in [-0.39, 0.29) is 24.7 Å². The maximum atomic E-state index is 11.1. The molecule has 0 aliphatic carbocycles. The Kier molecular flexibility index (Phi) is 5.01. The van der Waals surface area contributed by atoms with Crippen molar-refractivity contribution in [1.82, 2.24) is 5.43 Å². The molecule has 0 aliphatic heterocycles. The SMILES string of the molecule is O=C(CCCO)NN=Cc1ccc(O)cc1. The first kappa shape index (κ1) is 12.2. The van der Waals surface area contributed by atoms with E-state index in [4.69, 9.17) is 10.2 Å². The van der Waals surface area contributed by atoms with Crippen molar-refractivity contribution in [3.05, 3.63) is 29.8 Å². The number of hydrogen-bond donors (Lipinski definition) is 3. The van der Waals surface area contributed by atoms with E-state index < -0.39 is 0 Å². The van der Waals surface area contributed by atoms with E-state index in [0.717, 1.165) is 5.56 Å². The summed E-state index contributed by atoms with van der Waals surface area (Å²) in [6.07, 6.45) is 2.17. The maximum Gasteiger partial charge on any atom is 0.240 e. The summed E-state index contributed by atoms with van der Waals surface area (Å²) >= 11 is 0. The van der Waals surface area contributed by atoms with Crippen molar-refractivity contribution < 1.29 is 15.0 Å². The second-order valence-corrected chi connectivity index (χ2v) is 3.21. The zero-order chi connectivity index (χ0) is 11.8. The number of amides is 1. The van der Waals surface area contributed by atoms with Gasteiger partial charge in [0.25, 0.3) is 0 Å². The van der Waals surface area contributed by atoms with Crippen LogP contribution in [0, 0.1) is 0 Å². The fraction of sp³-hybridized carbons (Fsp3) is 0.273. The van der Waals surface area contributed by atoms with Gasteiger partial charge in [-0.1, -0.05) is 0 Å². The van der Waals surface area contributed by atoms with Crippen LogP contribution in [0.3, 0.4) is 0 Å². The van der Waals surface area contributed by atoms with Crippen molar-refractivity contribution in [2.24, 2.45) is 5.10 Å². The van der Waals surface area contributed by atoms with Crippen LogP contribution >= 0.6 is 0 Å². The van der Waals surface area contributed by atoms with Gasteiger partial charge in [-0.2, -0.15) is 5.10 Å². The number of nitrogens with one attached hydrogen (secondary N) is 1. The molecule has 86 valence electrons. The predicted octanol–water partition coefficient (Wildman–Crippen LogP) is 0.615. The Hall–Kier alpha value is -1.88. The number of hydrazone groups is 1. The number of aliphatic hydroxyl groups excluding tert-OH is 1. The fourth-order valence-electron chi connectivity index (χ4n) is 1.03. The molecule has 0 atom stereocenters. The first-order chi connectivity index (χ1) is 7.72. The molecule has 0 heterocycles. The molecule has 5 nitrogen and oxygen atoms in total. The minimum absolute atomic E-state index is 0.00486. The van der Waals surface area contributed by atoms with Crippen LogP contribution in [0.5, 0.6) is 5.75 Å². The van der Waals surface area contributed by atoms with Crippen LogP contribution < -0.4 is 5.43 Å². The molecular weight excluding hydrogens is 208 g/mol. The molecule has 1 rings (SSSR count). The van der Waals surface area contributed by atoms with Crippen molar-refractivity contribution in [2.45, 2.75) is 12.8 Å². The van der Waals surface area contributed by atoms with Gasteiger partial charge >= 0.3 is 0 Å². The minimum atomic E-state index is -0.232. The zero-order valence-corrected chi connectivity index (χ0v) is 8.76. The summed E-state index contributed by atoms with van der Waals surface area (Å²) in [6, 6.07) is 6.43. The maximum absolute atomic E-state index is 11.1. The number of rotatable bonds is 5. The Balaban J connectivity index is 2.37. The third-order valence-corrected chi connectivity index (χ3v) is 1.86. The van der Waals surface area contributed by atoms with Crippen molar-refractivity contribution in [3.8, 4) is 5.75 Å². The van der Waals surface area contributed by atoms with Crippen LogP contribution in [0.25, 0.3) is 0 Å². The number of benzene rings is 1. The summed E-state index contributed by atoms with van der Waals surface area (Å²) < 4.78 is 0. The first-order valence-corrected chi connectivity index (χ1v) is 4.94. The molecule has 0 fully saturated rings. The van der Waals surface area contributed by atoms with E-state index in [1.165, 1.54) is 18.3 Å². The number of aromatic hydroxyl groups is 1. The van der Waals surface area contributed by atoms with Crippen molar-refractivity contribution >= 4 is 12.1 Å². The topological polar surface area (TPSA) is 81.9 Å². The lowest BCUT2D eigenvalue weighted by Gasteiger charge is -1.97. The number of nitrogens with zero attached hydrogens (tertiary/aromatic N) is 1. The summed E-state index contributed by atoms with van der Waals surface area (Å²) in [5.41, 5.74) is 3.12. The molecule has 0 radical (unpaired) electrons. The number of carbonyl (C=O) groups excluding carboxylic acids is 1. The van der Waals surface area contributed by atoms with Gasteiger partial charge in [-0.15, -0.1) is 0 Å². The van der Waals surface area contributed by atoms with Gasteiger partial charge in [-0.25, -0.2) is 5.43 Å². The molecule has 1 aromatic carbocycles. The Labute approximate surface area is 93.4 Å². The summed E-state index contributed by atoms with van der Waals surface area (Å²) in [7, 11) is 0. The van der Waals surface area contributed by atoms with Crippen molar-refractivity contribution in [2.75, 3.05) is 6.61 Å². The highest BCUT2D eigenvalue weighted by Gasteiger charge is 1.97. The highest BCUT2D eigenvalue weighted by atomic mass is 16.3. The molecule has 0 bridgehead atoms. The molecule has 0 saturated heterocycles. The Bertz CT molecular complexity index is 360. The lowest BCUT2D eigenvalue weighted by atomic mass is 10.2. The highest BCUT2D eigenvalue weighted by molar-refractivity contribution is 5.82. The molecular formula is C11H14N2O3. The van der Waals surface area contributed by atoms with Crippen LogP contribution in [0.4, 0.5) is 0 Å². The van der Waals surface area contributed by atoms with Gasteiger partial charge in [-0.05, 0) is 36.2 Å². The van der Waals surface area contributed by atoms with Crippen LogP contribution in [0.1, 0.15) is 18.4 Å². The summed E-state index contributed by atoms with van der Waals surface area (Å²) in [6.45, 7) is -0.00486. The number of phenolic OH excluding ortho intramolecular Hbond substituents is 1. The van der Waals surface area contributed by atoms with Crippen molar-refractivity contribution in [1.29, 1.82) is 0 Å². The van der Waals surface area contributed by atoms with Crippen LogP contribution in [0.2, 0.25) is 0 Å². The molecule has 1 amide bonds. The van der Waals surface area contributed by atoms with Crippen LogP contribution in [0.15, 0.2) is 29.4 Å². The fourth-order valence-corrected chi connectivity index (χ4v) is 1.03. The normalized spacial score (nSPS) is 10.6. The molecule has 0 aromatic heterocycles. The lowest BCUT2D eigenvalue weighted by molar-refractivity contribution is -0.121. The average molecular weight is 222 g/mol. The molecule has 3 N–H and O–H groups in total. The third kappa shape index (κ3) is 4.56. The minimum Gasteiger partial charge on any atom is -0.508 e. The number of aliphatic hydroxyl groups is 1. The summed E-state index contributed by atoms with van der Waals surface area (Å²) in [5, 5.41) is 21.3. The second-order valence-electron chi connectivity index (χ2n) is 3.21. The smallest absolute Gasteiger partial charge is 0.240 e. The molecule has 0 aliphatic rings. The largest absolute Gasteiger partial charge is 0.508 e. The van der Waals surface area contributed by atoms with Gasteiger partial charge in [0.2, 0.25) is 5.91 Å². The molecule has 1 aromatic rings. The monoisotopic (exact) mass is 222 g/mol. The summed E-state index contributed by atoms with van der Waals surface area (Å²) in [5.74, 6) is -0.0480. The quantitative estimate of drug-likeness (QED) is 0.504. The highest BCUT2D eigenvalue weighted by Crippen LogP contribution is 2.07. The van der Waals surface area contributed by atoms with Gasteiger partial charge in [-0.3, -0.25) is 4.79 Å². The van der Waals surface area contributed by atoms with E-state index in [1.807, 2.05) is 0 Å². The van der Waals surface area contributed by atoms with E-state index in [2.05, 4.69) is 10.5 Å². The van der Waals surface area contributed by atoms with E-state index in [9.17, 15) is 4.79 Å². The van der Waals surface area contributed by atoms with Crippen LogP contribution in [-0.2, 0) is 4.79 Å². The zero-order valence-electron chi connectivity index (χ0n) is 8.76. The van der Waals surface area contributed by atoms with Crippen molar-refractivity contribution in [3.63, 3.8) is 0 Å². The van der Waals surface area contributed by atoms with E-state index >= 15 is 0 Å². The number of hydrogen-bond acceptors (Lipinski definition) is 4. The summed E-state index contributed by atoms with van der Waals surface area (Å²) in [4.78, 5) is 11.1. The first-order valence-electron chi connectivity index (χ1n) is 4.94. The van der Waals surface area contributed by atoms with Gasteiger partial charge in [0, 0.05) is 13.0 Å². The Morgan fingerprint density at radius 1 is 1.38 bits per heavy atom. The van der Waals surface area contributed by atoms with E-state index in [0.29, 0.717) is 6.42 Å². The average Bonchev–Trinajstić information content (AvgIpc) is 2.29. The standard InChI is InChI=1S/C11H14N2O3/c14-7-1-2-11(16)13-12-8-9-3-5-10(15)6-4-9/h3-6,8,14-15H,1-2,7H2,(H,13,16). The molecule has 0 spiro atoms. The molecule has 0 saturated carbocycles. The van der Waals surface area contributed by atoms with E-state index in [1.54, 1.807) is 12.1 Å². The third-order valence-electron chi connectivity index (χ3n) is 1.86. The second kappa shape index (κ2) is 6.58. The Morgan fingerprint density at radius 3 is 2.69 bits per heavy atom. The van der Waals surface area contributed by atoms with Gasteiger partial charge < -0.3 is 10.2 Å². The van der Waals surface area contributed by atoms with Gasteiger partial charge in [0.05, 0.1) is 6.21 Å². The number of phenols is 1.